The van der Waals surface area contributed by atoms with E-state index in [4.69, 9.17) is 4.74 Å². The van der Waals surface area contributed by atoms with Gasteiger partial charge in [0.15, 0.2) is 0 Å². The molecule has 1 aliphatic heterocycles. The van der Waals surface area contributed by atoms with Crippen LogP contribution in [-0.2, 0) is 4.74 Å². The van der Waals surface area contributed by atoms with Crippen LogP contribution in [0.1, 0.15) is 56.9 Å². The minimum absolute atomic E-state index is 0.163. The molecule has 4 heteroatoms. The molecule has 3 rings (SSSR count). The molecule has 0 spiro atoms. The Hall–Kier alpha value is -1.78. The van der Waals surface area contributed by atoms with Gasteiger partial charge in [-0.1, -0.05) is 45.0 Å². The van der Waals surface area contributed by atoms with Crippen molar-refractivity contribution in [1.29, 1.82) is 0 Å². The van der Waals surface area contributed by atoms with Gasteiger partial charge in [0.2, 0.25) is 0 Å². The second kappa shape index (κ2) is 8.54. The lowest BCUT2D eigenvalue weighted by Crippen LogP contribution is -2.08. The Morgan fingerprint density at radius 2 is 1.68 bits per heavy atom. The van der Waals surface area contributed by atoms with Crippen LogP contribution in [0.2, 0.25) is 0 Å². The third-order valence-electron chi connectivity index (χ3n) is 3.96. The van der Waals surface area contributed by atoms with E-state index in [9.17, 15) is 13.9 Å². The monoisotopic (exact) mass is 348 g/mol. The fraction of sp³-hybridized carbons (Fsp3) is 0.429. The van der Waals surface area contributed by atoms with E-state index in [1.807, 2.05) is 6.07 Å². The second-order valence-corrected chi connectivity index (χ2v) is 7.55. The normalized spacial score (nSPS) is 17.4. The van der Waals surface area contributed by atoms with E-state index in [0.29, 0.717) is 12.0 Å². The SMILES string of the molecule is CC(C)(C)CC[C@H](O)c1cccc(F)c1.Fc1cccc([C@@H]2CO2)c1. The van der Waals surface area contributed by atoms with E-state index in [-0.39, 0.29) is 23.2 Å². The summed E-state index contributed by atoms with van der Waals surface area (Å²) in [5.41, 5.74) is 1.81. The van der Waals surface area contributed by atoms with Crippen molar-refractivity contribution in [3.05, 3.63) is 71.3 Å². The Labute approximate surface area is 148 Å². The van der Waals surface area contributed by atoms with Crippen molar-refractivity contribution >= 4 is 0 Å². The number of aliphatic hydroxyl groups is 1. The molecule has 2 aromatic carbocycles. The number of ether oxygens (including phenoxy) is 1. The number of hydrogen-bond acceptors (Lipinski definition) is 2. The van der Waals surface area contributed by atoms with Gasteiger partial charge in [-0.25, -0.2) is 8.78 Å². The molecule has 0 amide bonds. The van der Waals surface area contributed by atoms with Crippen molar-refractivity contribution in [3.8, 4) is 0 Å². The molecule has 136 valence electrons. The third-order valence-corrected chi connectivity index (χ3v) is 3.96. The molecule has 1 N–H and O–H groups in total. The van der Waals surface area contributed by atoms with E-state index in [0.717, 1.165) is 18.6 Å². The molecule has 25 heavy (non-hydrogen) atoms. The lowest BCUT2D eigenvalue weighted by atomic mass is 9.88. The minimum Gasteiger partial charge on any atom is -0.388 e. The molecule has 0 bridgehead atoms. The van der Waals surface area contributed by atoms with Crippen molar-refractivity contribution in [2.24, 2.45) is 5.41 Å². The predicted molar refractivity (Wildman–Crippen MR) is 95.1 cm³/mol. The van der Waals surface area contributed by atoms with Gasteiger partial charge in [-0.15, -0.1) is 0 Å². The van der Waals surface area contributed by atoms with Crippen LogP contribution in [0.15, 0.2) is 48.5 Å². The quantitative estimate of drug-likeness (QED) is 0.731. The average molecular weight is 348 g/mol. The fourth-order valence-electron chi connectivity index (χ4n) is 2.40. The van der Waals surface area contributed by atoms with Crippen LogP contribution in [0, 0.1) is 17.0 Å². The highest BCUT2D eigenvalue weighted by atomic mass is 19.1. The number of epoxide rings is 1. The molecule has 1 saturated heterocycles. The van der Waals surface area contributed by atoms with Crippen molar-refractivity contribution in [2.45, 2.75) is 45.8 Å². The molecule has 0 aliphatic carbocycles. The number of halogens is 2. The Balaban J connectivity index is 0.000000194. The van der Waals surface area contributed by atoms with Crippen LogP contribution >= 0.6 is 0 Å². The Bertz CT molecular complexity index is 676. The van der Waals surface area contributed by atoms with Gasteiger partial charge < -0.3 is 9.84 Å². The maximum absolute atomic E-state index is 12.9. The second-order valence-electron chi connectivity index (χ2n) is 7.55. The van der Waals surface area contributed by atoms with Crippen LogP contribution in [0.25, 0.3) is 0 Å². The summed E-state index contributed by atoms with van der Waals surface area (Å²) in [5.74, 6) is -0.477. The molecule has 2 atom stereocenters. The molecule has 0 unspecified atom stereocenters. The Morgan fingerprint density at radius 1 is 1.08 bits per heavy atom. The average Bonchev–Trinajstić information content (AvgIpc) is 3.37. The zero-order valence-electron chi connectivity index (χ0n) is 15.0. The Kier molecular flexibility index (Phi) is 6.68. The topological polar surface area (TPSA) is 32.8 Å². The van der Waals surface area contributed by atoms with E-state index in [2.05, 4.69) is 20.8 Å². The first kappa shape index (κ1) is 19.5. The van der Waals surface area contributed by atoms with E-state index in [1.165, 1.54) is 24.3 Å². The van der Waals surface area contributed by atoms with Gasteiger partial charge >= 0.3 is 0 Å². The number of aliphatic hydroxyl groups excluding tert-OH is 1. The fourth-order valence-corrected chi connectivity index (χ4v) is 2.40. The summed E-state index contributed by atoms with van der Waals surface area (Å²) in [6.07, 6.45) is 1.20. The van der Waals surface area contributed by atoms with Gasteiger partial charge in [0.1, 0.15) is 17.7 Å². The molecule has 2 nitrogen and oxygen atoms in total. The zero-order valence-corrected chi connectivity index (χ0v) is 15.0. The molecule has 1 fully saturated rings. The Morgan fingerprint density at radius 3 is 2.20 bits per heavy atom. The summed E-state index contributed by atoms with van der Waals surface area (Å²) in [7, 11) is 0. The standard InChI is InChI=1S/C13H19FO.C8H7FO/c1-13(2,3)8-7-12(15)10-5-4-6-11(14)9-10;9-7-3-1-2-6(4-7)8-5-10-8/h4-6,9,12,15H,7-8H2,1-3H3;1-4,8H,5H2/t12-;8-/m00/s1. The summed E-state index contributed by atoms with van der Waals surface area (Å²) in [4.78, 5) is 0. The molecule has 0 radical (unpaired) electrons. The highest BCUT2D eigenvalue weighted by molar-refractivity contribution is 5.21. The summed E-state index contributed by atoms with van der Waals surface area (Å²) in [6.45, 7) is 7.13. The lowest BCUT2D eigenvalue weighted by Gasteiger charge is -2.20. The number of hydrogen-bond donors (Lipinski definition) is 1. The first-order chi connectivity index (χ1) is 11.7. The smallest absolute Gasteiger partial charge is 0.123 e. The van der Waals surface area contributed by atoms with Gasteiger partial charge in [0, 0.05) is 0 Å². The molecule has 2 aromatic rings. The maximum Gasteiger partial charge on any atom is 0.123 e. The molecule has 0 aromatic heterocycles. The van der Waals surface area contributed by atoms with E-state index < -0.39 is 6.10 Å². The molecular formula is C21H26F2O2. The maximum atomic E-state index is 12.9. The van der Waals surface area contributed by atoms with Crippen molar-refractivity contribution < 1.29 is 18.6 Å². The van der Waals surface area contributed by atoms with E-state index >= 15 is 0 Å². The van der Waals surface area contributed by atoms with Crippen LogP contribution < -0.4 is 0 Å². The van der Waals surface area contributed by atoms with Gasteiger partial charge in [-0.3, -0.25) is 0 Å². The molecular weight excluding hydrogens is 322 g/mol. The summed E-state index contributed by atoms with van der Waals surface area (Å²) in [6, 6.07) is 12.7. The highest BCUT2D eigenvalue weighted by Gasteiger charge is 2.24. The first-order valence-electron chi connectivity index (χ1n) is 8.55. The molecule has 1 aliphatic rings. The number of rotatable bonds is 4. The predicted octanol–water partition coefficient (Wildman–Crippen LogP) is 5.58. The lowest BCUT2D eigenvalue weighted by molar-refractivity contribution is 0.147. The molecule has 1 heterocycles. The summed E-state index contributed by atoms with van der Waals surface area (Å²) < 4.78 is 30.4. The zero-order chi connectivity index (χ0) is 18.4. The van der Waals surface area contributed by atoms with Gasteiger partial charge in [0.05, 0.1) is 12.7 Å². The van der Waals surface area contributed by atoms with Crippen LogP contribution in [0.4, 0.5) is 8.78 Å². The highest BCUT2D eigenvalue weighted by Crippen LogP contribution is 2.29. The van der Waals surface area contributed by atoms with Crippen molar-refractivity contribution in [3.63, 3.8) is 0 Å². The largest absolute Gasteiger partial charge is 0.388 e. The van der Waals surface area contributed by atoms with E-state index in [1.54, 1.807) is 18.2 Å². The van der Waals surface area contributed by atoms with Gasteiger partial charge in [-0.05, 0) is 53.6 Å². The van der Waals surface area contributed by atoms with Crippen molar-refractivity contribution in [2.75, 3.05) is 6.61 Å². The summed E-state index contributed by atoms with van der Waals surface area (Å²) in [5, 5.41) is 9.84. The number of benzene rings is 2. The van der Waals surface area contributed by atoms with Gasteiger partial charge in [0.25, 0.3) is 0 Å². The first-order valence-corrected chi connectivity index (χ1v) is 8.55. The van der Waals surface area contributed by atoms with Crippen molar-refractivity contribution in [1.82, 2.24) is 0 Å². The van der Waals surface area contributed by atoms with Gasteiger partial charge in [-0.2, -0.15) is 0 Å². The van der Waals surface area contributed by atoms with Crippen LogP contribution in [0.5, 0.6) is 0 Å². The summed E-state index contributed by atoms with van der Waals surface area (Å²) >= 11 is 0. The third kappa shape index (κ3) is 7.32. The molecule has 0 saturated carbocycles. The minimum atomic E-state index is -0.556. The van der Waals surface area contributed by atoms with Crippen LogP contribution in [-0.4, -0.2) is 11.7 Å². The van der Waals surface area contributed by atoms with Crippen LogP contribution in [0.3, 0.4) is 0 Å².